The summed E-state index contributed by atoms with van der Waals surface area (Å²) in [6, 6.07) is 46.7. The maximum atomic E-state index is 9.61. The van der Waals surface area contributed by atoms with Gasteiger partial charge in [0.05, 0.1) is 47.9 Å². The van der Waals surface area contributed by atoms with Crippen molar-refractivity contribution in [3.8, 4) is 24.3 Å². The van der Waals surface area contributed by atoms with Gasteiger partial charge < -0.3 is 0 Å². The molecule has 8 rings (SSSR count). The first-order chi connectivity index (χ1) is 42.1. The van der Waals surface area contributed by atoms with Crippen molar-refractivity contribution in [3.05, 3.63) is 142 Å². The summed E-state index contributed by atoms with van der Waals surface area (Å²) in [5, 5.41) is 38.3. The number of benzene rings is 4. The molecule has 0 radical (unpaired) electrons. The molecule has 468 valence electrons. The van der Waals surface area contributed by atoms with Crippen LogP contribution in [0.3, 0.4) is 0 Å². The third kappa shape index (κ3) is 24.1. The second kappa shape index (κ2) is 41.9. The molecule has 0 aromatic heterocycles. The van der Waals surface area contributed by atoms with Crippen LogP contribution >= 0.6 is 0 Å². The summed E-state index contributed by atoms with van der Waals surface area (Å²) in [4.78, 5) is 0. The standard InChI is InChI=1S/C22H33N.C21H31N.C20H29N.C19H27N/c1-3-5-7-9-18-10-13-20(14-11-18)22-15-12-19(8-6-4-2)16-21(22)17-23;1-3-5-7-17-9-12-19(13-10-17)21-14-11-18(8-6-4-2)15-20(21)16-22;1-3-5-7-17-10-13-20(19(14-17)15-21)18-11-8-16(6-4-2)9-12-18;1-3-5-6-16-9-12-19(18(13-16)14-20)17-10-7-15(4-2)8-11-17/h10-11,13-14,19,21-22H,3-9,12,15-16H2,1-2H3;9-10,12-13,18,20-21H,3-8,11,14-15H2,1-2H3;8-9,11-12,17,19-20H,3-7,10,13-14H2,1-2H3;7-8,10-11,16,18-19H,3-6,9,12-13H2,1-2H3. The van der Waals surface area contributed by atoms with E-state index in [1.54, 1.807) is 0 Å². The zero-order valence-electron chi connectivity index (χ0n) is 56.0. The van der Waals surface area contributed by atoms with E-state index in [1.165, 1.54) is 224 Å². The maximum Gasteiger partial charge on any atom is 0.0662 e. The molecule has 4 aliphatic carbocycles. The Morgan fingerprint density at radius 2 is 0.535 bits per heavy atom. The van der Waals surface area contributed by atoms with E-state index in [9.17, 15) is 21.0 Å². The van der Waals surface area contributed by atoms with Crippen LogP contribution in [0.15, 0.2) is 97.1 Å². The number of rotatable bonds is 26. The third-order valence-electron chi connectivity index (χ3n) is 20.8. The predicted octanol–water partition coefficient (Wildman–Crippen LogP) is 24.2. The number of unbranched alkanes of at least 4 members (excludes halogenated alkanes) is 7. The Kier molecular flexibility index (Phi) is 34.9. The van der Waals surface area contributed by atoms with E-state index >= 15 is 0 Å². The first-order valence-electron chi connectivity index (χ1n) is 36.1. The fraction of sp³-hybridized carbons (Fsp3) is 0.659. The SMILES string of the molecule is CCCCC1CCC(c2ccc(CC)cc2)C(C#N)C1.CCCCC1CCC(c2ccc(CCC)cc2)C(C#N)C1.CCCCCc1ccc(C2CCC(CCCC)CC2C#N)cc1.CCCCc1ccc(C2CCC(CCCC)CC2C#N)cc1. The second-order valence-electron chi connectivity index (χ2n) is 27.3. The minimum atomic E-state index is 0.219. The molecule has 0 aliphatic heterocycles. The zero-order chi connectivity index (χ0) is 61.7. The molecule has 4 aliphatic rings. The molecule has 0 heterocycles. The van der Waals surface area contributed by atoms with Crippen molar-refractivity contribution < 1.29 is 0 Å². The molecule has 0 saturated heterocycles. The Labute approximate surface area is 528 Å². The van der Waals surface area contributed by atoms with Crippen molar-refractivity contribution in [2.45, 2.75) is 297 Å². The molecule has 12 atom stereocenters. The third-order valence-corrected chi connectivity index (χ3v) is 20.8. The van der Waals surface area contributed by atoms with E-state index in [0.29, 0.717) is 23.7 Å². The highest BCUT2D eigenvalue weighted by Gasteiger charge is 2.35. The van der Waals surface area contributed by atoms with Crippen LogP contribution in [0.2, 0.25) is 0 Å². The number of hydrogen-bond donors (Lipinski definition) is 0. The van der Waals surface area contributed by atoms with Gasteiger partial charge in [-0.25, -0.2) is 0 Å². The van der Waals surface area contributed by atoms with E-state index < -0.39 is 0 Å². The number of nitriles is 4. The van der Waals surface area contributed by atoms with Gasteiger partial charge in [-0.05, 0) is 207 Å². The van der Waals surface area contributed by atoms with Crippen molar-refractivity contribution in [2.75, 3.05) is 0 Å². The lowest BCUT2D eigenvalue weighted by Gasteiger charge is -2.33. The van der Waals surface area contributed by atoms with Gasteiger partial charge in [0.25, 0.3) is 0 Å². The number of nitrogens with zero attached hydrogens (tertiary/aromatic N) is 4. The highest BCUT2D eigenvalue weighted by Crippen LogP contribution is 2.45. The fourth-order valence-electron chi connectivity index (χ4n) is 15.3. The van der Waals surface area contributed by atoms with Gasteiger partial charge in [0.15, 0.2) is 0 Å². The van der Waals surface area contributed by atoms with Gasteiger partial charge in [-0.1, -0.05) is 255 Å². The first kappa shape index (κ1) is 71.6. The van der Waals surface area contributed by atoms with Crippen molar-refractivity contribution >= 4 is 0 Å². The second-order valence-corrected chi connectivity index (χ2v) is 27.3. The molecule has 4 aromatic rings. The van der Waals surface area contributed by atoms with Crippen LogP contribution in [0.1, 0.15) is 316 Å². The molecule has 0 spiro atoms. The Bertz CT molecular complexity index is 2570. The predicted molar refractivity (Wildman–Crippen MR) is 366 cm³/mol. The average molecular weight is 1160 g/mol. The molecule has 0 bridgehead atoms. The monoisotopic (exact) mass is 1160 g/mol. The summed E-state index contributed by atoms with van der Waals surface area (Å²) in [6.07, 6.45) is 42.3. The summed E-state index contributed by atoms with van der Waals surface area (Å²) in [7, 11) is 0. The minimum Gasteiger partial charge on any atom is -0.198 e. The van der Waals surface area contributed by atoms with Crippen molar-refractivity contribution in [3.63, 3.8) is 0 Å². The molecule has 0 amide bonds. The average Bonchev–Trinajstić information content (AvgIpc) is 2.97. The summed E-state index contributed by atoms with van der Waals surface area (Å²) >= 11 is 0. The van der Waals surface area contributed by atoms with Gasteiger partial charge in [0.2, 0.25) is 0 Å². The van der Waals surface area contributed by atoms with E-state index in [0.717, 1.165) is 62.2 Å². The summed E-state index contributed by atoms with van der Waals surface area (Å²) in [5.74, 6) is 5.85. The molecule has 4 heteroatoms. The van der Waals surface area contributed by atoms with Crippen LogP contribution in [0, 0.1) is 92.7 Å². The van der Waals surface area contributed by atoms with E-state index in [2.05, 4.69) is 177 Å². The summed E-state index contributed by atoms with van der Waals surface area (Å²) in [5.41, 5.74) is 11.2. The van der Waals surface area contributed by atoms with Crippen LogP contribution in [-0.4, -0.2) is 0 Å². The highest BCUT2D eigenvalue weighted by molar-refractivity contribution is 5.31. The Morgan fingerprint density at radius 3 is 0.779 bits per heavy atom. The van der Waals surface area contributed by atoms with E-state index in [1.807, 2.05) is 0 Å². The molecule has 4 saturated carbocycles. The van der Waals surface area contributed by atoms with Crippen LogP contribution in [0.4, 0.5) is 0 Å². The lowest BCUT2D eigenvalue weighted by molar-refractivity contribution is 0.258. The summed E-state index contributed by atoms with van der Waals surface area (Å²) in [6.45, 7) is 17.9. The fourth-order valence-corrected chi connectivity index (χ4v) is 15.3. The topological polar surface area (TPSA) is 95.2 Å². The molecule has 4 nitrogen and oxygen atoms in total. The molecular formula is C82H120N4. The van der Waals surface area contributed by atoms with Gasteiger partial charge in [0, 0.05) is 0 Å². The van der Waals surface area contributed by atoms with Gasteiger partial charge >= 0.3 is 0 Å². The van der Waals surface area contributed by atoms with E-state index in [-0.39, 0.29) is 23.7 Å². The van der Waals surface area contributed by atoms with Crippen LogP contribution in [0.5, 0.6) is 0 Å². The molecule has 86 heavy (non-hydrogen) atoms. The van der Waals surface area contributed by atoms with Gasteiger partial charge in [-0.2, -0.15) is 21.0 Å². The normalized spacial score (nSPS) is 25.2. The van der Waals surface area contributed by atoms with Gasteiger partial charge in [-0.3, -0.25) is 0 Å². The Hall–Kier alpha value is -5.16. The van der Waals surface area contributed by atoms with Crippen molar-refractivity contribution in [1.82, 2.24) is 0 Å². The smallest absolute Gasteiger partial charge is 0.0662 e. The molecule has 4 fully saturated rings. The van der Waals surface area contributed by atoms with Crippen molar-refractivity contribution in [2.24, 2.45) is 47.3 Å². The van der Waals surface area contributed by atoms with Crippen LogP contribution in [-0.2, 0) is 25.7 Å². The summed E-state index contributed by atoms with van der Waals surface area (Å²) < 4.78 is 0. The van der Waals surface area contributed by atoms with Gasteiger partial charge in [-0.15, -0.1) is 0 Å². The lowest BCUT2D eigenvalue weighted by Crippen LogP contribution is -2.22. The van der Waals surface area contributed by atoms with Crippen LogP contribution in [0.25, 0.3) is 0 Å². The molecule has 0 N–H and O–H groups in total. The van der Waals surface area contributed by atoms with Crippen molar-refractivity contribution in [1.29, 1.82) is 21.0 Å². The highest BCUT2D eigenvalue weighted by atomic mass is 14.4. The first-order valence-corrected chi connectivity index (χ1v) is 36.1. The molecular weight excluding hydrogens is 1040 g/mol. The van der Waals surface area contributed by atoms with E-state index in [4.69, 9.17) is 0 Å². The zero-order valence-corrected chi connectivity index (χ0v) is 56.0. The lowest BCUT2D eigenvalue weighted by atomic mass is 9.70. The molecule has 12 unspecified atom stereocenters. The van der Waals surface area contributed by atoms with Crippen LogP contribution < -0.4 is 0 Å². The minimum absolute atomic E-state index is 0.219. The Balaban J connectivity index is 0.000000210. The molecule has 4 aromatic carbocycles. The quantitative estimate of drug-likeness (QED) is 0.0585. The van der Waals surface area contributed by atoms with Gasteiger partial charge in [0.1, 0.15) is 0 Å². The number of hydrogen-bond acceptors (Lipinski definition) is 4. The maximum absolute atomic E-state index is 9.61. The number of aryl methyl sites for hydroxylation is 4. The Morgan fingerprint density at radius 1 is 0.279 bits per heavy atom. The largest absolute Gasteiger partial charge is 0.198 e.